The minimum absolute atomic E-state index is 0.109. The summed E-state index contributed by atoms with van der Waals surface area (Å²) in [6.45, 7) is 2.82. The number of benzene rings is 2. The molecule has 4 nitrogen and oxygen atoms in total. The monoisotopic (exact) mass is 596 g/mol. The largest absolute Gasteiger partial charge is 0.469 e. The molecule has 0 bridgehead atoms. The first-order valence-electron chi connectivity index (χ1n) is 14.7. The summed E-state index contributed by atoms with van der Waals surface area (Å²) in [6.07, 6.45) is -3.82. The summed E-state index contributed by atoms with van der Waals surface area (Å²) >= 11 is 0. The first kappa shape index (κ1) is 30.7. The van der Waals surface area contributed by atoms with Gasteiger partial charge in [0.15, 0.2) is 0 Å². The number of nitrogens with zero attached hydrogens (tertiary/aromatic N) is 2. The average molecular weight is 597 g/mol. The lowest BCUT2D eigenvalue weighted by Gasteiger charge is -2.44. The summed E-state index contributed by atoms with van der Waals surface area (Å²) in [5.41, 5.74) is 1.17. The zero-order chi connectivity index (χ0) is 30.4. The first-order valence-corrected chi connectivity index (χ1v) is 14.7. The predicted octanol–water partition coefficient (Wildman–Crippen LogP) is 7.69. The summed E-state index contributed by atoms with van der Waals surface area (Å²) in [4.78, 5) is 16.6. The summed E-state index contributed by atoms with van der Waals surface area (Å²) in [6, 6.07) is 8.51. The van der Waals surface area contributed by atoms with Gasteiger partial charge in [0, 0.05) is 25.3 Å². The van der Waals surface area contributed by atoms with E-state index >= 15 is 0 Å². The van der Waals surface area contributed by atoms with Crippen molar-refractivity contribution in [3.05, 3.63) is 64.2 Å². The Bertz CT molecular complexity index is 1280. The van der Waals surface area contributed by atoms with E-state index in [9.17, 15) is 31.1 Å². The molecular weight excluding hydrogens is 558 g/mol. The van der Waals surface area contributed by atoms with E-state index in [1.807, 2.05) is 11.8 Å². The van der Waals surface area contributed by atoms with Crippen molar-refractivity contribution in [1.29, 1.82) is 0 Å². The highest BCUT2D eigenvalue weighted by Crippen LogP contribution is 2.48. The quantitative estimate of drug-likeness (QED) is 0.242. The number of rotatable bonds is 7. The van der Waals surface area contributed by atoms with Gasteiger partial charge in [0.2, 0.25) is 0 Å². The molecule has 2 heterocycles. The van der Waals surface area contributed by atoms with Crippen LogP contribution in [0.15, 0.2) is 36.4 Å². The zero-order valence-corrected chi connectivity index (χ0v) is 24.2. The molecule has 1 saturated carbocycles. The van der Waals surface area contributed by atoms with E-state index in [0.717, 1.165) is 49.8 Å². The van der Waals surface area contributed by atoms with Gasteiger partial charge in [0.1, 0.15) is 0 Å². The van der Waals surface area contributed by atoms with Crippen molar-refractivity contribution in [2.75, 3.05) is 32.1 Å². The second kappa shape index (κ2) is 11.7. The number of methoxy groups -OCH3 is 1. The summed E-state index contributed by atoms with van der Waals surface area (Å²) in [7, 11) is 3.51. The highest BCUT2D eigenvalue weighted by atomic mass is 19.4. The van der Waals surface area contributed by atoms with Gasteiger partial charge in [-0.2, -0.15) is 26.3 Å². The lowest BCUT2D eigenvalue weighted by atomic mass is 9.79. The van der Waals surface area contributed by atoms with Crippen LogP contribution in [-0.4, -0.2) is 44.2 Å². The molecular formula is C32H38F6N2O2. The van der Waals surface area contributed by atoms with Crippen molar-refractivity contribution in [3.8, 4) is 0 Å². The minimum Gasteiger partial charge on any atom is -0.469 e. The van der Waals surface area contributed by atoms with Crippen LogP contribution in [-0.2, 0) is 34.8 Å². The van der Waals surface area contributed by atoms with Crippen LogP contribution in [0.3, 0.4) is 0 Å². The number of carbonyl (C=O) groups excluding carboxylic acids is 1. The van der Waals surface area contributed by atoms with E-state index in [1.165, 1.54) is 12.7 Å². The fraction of sp³-hybridized carbons (Fsp3) is 0.594. The molecule has 0 N–H and O–H groups in total. The van der Waals surface area contributed by atoms with Gasteiger partial charge in [-0.1, -0.05) is 19.1 Å². The lowest BCUT2D eigenvalue weighted by Crippen LogP contribution is -2.46. The van der Waals surface area contributed by atoms with Gasteiger partial charge in [0.05, 0.1) is 24.2 Å². The van der Waals surface area contributed by atoms with Gasteiger partial charge in [0.25, 0.3) is 0 Å². The summed E-state index contributed by atoms with van der Waals surface area (Å²) < 4.78 is 85.6. The van der Waals surface area contributed by atoms with Gasteiger partial charge in [-0.15, -0.1) is 0 Å². The van der Waals surface area contributed by atoms with E-state index in [-0.39, 0.29) is 36.0 Å². The number of fused-ring (bicyclic) bond motifs is 1. The number of aryl methyl sites for hydroxylation is 1. The molecule has 230 valence electrons. The molecule has 0 radical (unpaired) electrons. The van der Waals surface area contributed by atoms with E-state index < -0.39 is 23.5 Å². The third-order valence-electron chi connectivity index (χ3n) is 9.63. The van der Waals surface area contributed by atoms with Crippen LogP contribution in [0.4, 0.5) is 32.0 Å². The molecule has 2 aromatic rings. The molecule has 2 aliphatic heterocycles. The van der Waals surface area contributed by atoms with Crippen molar-refractivity contribution in [3.63, 3.8) is 0 Å². The zero-order valence-electron chi connectivity index (χ0n) is 24.2. The second-order valence-electron chi connectivity index (χ2n) is 12.3. The Kier molecular flexibility index (Phi) is 8.58. The number of esters is 1. The first-order chi connectivity index (χ1) is 19.8. The molecule has 42 heavy (non-hydrogen) atoms. The molecule has 3 atom stereocenters. The molecule has 3 aliphatic rings. The van der Waals surface area contributed by atoms with Gasteiger partial charge >= 0.3 is 18.3 Å². The third kappa shape index (κ3) is 6.43. The summed E-state index contributed by atoms with van der Waals surface area (Å²) in [5, 5.41) is 0. The Balaban J connectivity index is 1.28. The Hall–Kier alpha value is -2.75. The lowest BCUT2D eigenvalue weighted by molar-refractivity contribution is -0.145. The molecule has 0 aromatic heterocycles. The van der Waals surface area contributed by atoms with Gasteiger partial charge < -0.3 is 9.64 Å². The Morgan fingerprint density at radius 3 is 2.24 bits per heavy atom. The number of hydrogen-bond acceptors (Lipinski definition) is 4. The standard InChI is InChI=1S/C32H38F6N2O2/c1-19(30(41)42-3)29(22-5-6-22)23-7-4-20-8-11-27(39(2)28(20)17-23)21-12-14-40(15-13-21)18-24-16-25(31(33,34)35)9-10-26(24)32(36,37)38/h4,7,9-10,16-17,19,21-22,27,29H,5-6,8,11-15,18H2,1-3H3/t19-,27+,29-/m0/s1. The molecule has 0 amide bonds. The van der Waals surface area contributed by atoms with E-state index in [0.29, 0.717) is 43.1 Å². The molecule has 1 saturated heterocycles. The second-order valence-corrected chi connectivity index (χ2v) is 12.3. The molecule has 0 spiro atoms. The maximum Gasteiger partial charge on any atom is 0.416 e. The Labute approximate surface area is 243 Å². The van der Waals surface area contributed by atoms with Gasteiger partial charge in [-0.3, -0.25) is 9.69 Å². The van der Waals surface area contributed by atoms with Crippen molar-refractivity contribution in [1.82, 2.24) is 4.90 Å². The smallest absolute Gasteiger partial charge is 0.416 e. The predicted molar refractivity (Wildman–Crippen MR) is 148 cm³/mol. The number of hydrogen-bond donors (Lipinski definition) is 0. The molecule has 2 fully saturated rings. The maximum absolute atomic E-state index is 13.6. The number of anilines is 1. The normalized spacial score (nSPS) is 22.0. The van der Waals surface area contributed by atoms with Crippen LogP contribution in [0.1, 0.15) is 72.8 Å². The van der Waals surface area contributed by atoms with Crippen LogP contribution in [0.5, 0.6) is 0 Å². The number of halogens is 6. The third-order valence-corrected chi connectivity index (χ3v) is 9.63. The highest BCUT2D eigenvalue weighted by molar-refractivity contribution is 5.73. The van der Waals surface area contributed by atoms with Crippen LogP contribution >= 0.6 is 0 Å². The topological polar surface area (TPSA) is 32.8 Å². The van der Waals surface area contributed by atoms with Crippen LogP contribution in [0, 0.1) is 17.8 Å². The molecule has 10 heteroatoms. The van der Waals surface area contributed by atoms with Gasteiger partial charge in [-0.25, -0.2) is 0 Å². The Morgan fingerprint density at radius 2 is 1.64 bits per heavy atom. The van der Waals surface area contributed by atoms with E-state index in [2.05, 4.69) is 30.1 Å². The fourth-order valence-corrected chi connectivity index (χ4v) is 7.23. The molecule has 5 rings (SSSR count). The number of carbonyl (C=O) groups is 1. The molecule has 0 unspecified atom stereocenters. The van der Waals surface area contributed by atoms with Crippen molar-refractivity contribution in [2.24, 2.45) is 17.8 Å². The number of ether oxygens (including phenoxy) is 1. The van der Waals surface area contributed by atoms with Crippen molar-refractivity contribution in [2.45, 2.75) is 76.3 Å². The van der Waals surface area contributed by atoms with Crippen LogP contribution in [0.2, 0.25) is 0 Å². The SMILES string of the molecule is COC(=O)[C@@H](C)[C@H](c1ccc2c(c1)N(C)[C@@H](C1CCN(Cc3cc(C(F)(F)F)ccc3C(F)(F)F)CC1)CC2)C1CC1. The fourth-order valence-electron chi connectivity index (χ4n) is 7.23. The Morgan fingerprint density at radius 1 is 0.952 bits per heavy atom. The van der Waals surface area contributed by atoms with E-state index in [4.69, 9.17) is 4.74 Å². The highest BCUT2D eigenvalue weighted by Gasteiger charge is 2.41. The van der Waals surface area contributed by atoms with Gasteiger partial charge in [-0.05, 0) is 110 Å². The maximum atomic E-state index is 13.6. The molecule has 2 aromatic carbocycles. The van der Waals surface area contributed by atoms with Crippen molar-refractivity contribution < 1.29 is 35.9 Å². The minimum atomic E-state index is -4.72. The van der Waals surface area contributed by atoms with E-state index in [1.54, 1.807) is 0 Å². The number of piperidine rings is 1. The average Bonchev–Trinajstić information content (AvgIpc) is 3.78. The number of alkyl halides is 6. The van der Waals surface area contributed by atoms with Crippen LogP contribution in [0.25, 0.3) is 0 Å². The number of likely N-dealkylation sites (tertiary alicyclic amines) is 1. The molecule has 1 aliphatic carbocycles. The van der Waals surface area contributed by atoms with Crippen molar-refractivity contribution >= 4 is 11.7 Å². The summed E-state index contributed by atoms with van der Waals surface area (Å²) in [5.74, 6) is 0.470. The van der Waals surface area contributed by atoms with Crippen LogP contribution < -0.4 is 4.90 Å².